The van der Waals surface area contributed by atoms with Gasteiger partial charge in [0.25, 0.3) is 0 Å². The summed E-state index contributed by atoms with van der Waals surface area (Å²) in [5.74, 6) is 0.532. The molecule has 0 bridgehead atoms. The number of hydrogen-bond acceptors (Lipinski definition) is 4. The Kier molecular flexibility index (Phi) is 7.80. The molecule has 11 aromatic rings. The summed E-state index contributed by atoms with van der Waals surface area (Å²) in [6.07, 6.45) is 0. The third kappa shape index (κ3) is 5.39. The molecule has 0 saturated carbocycles. The van der Waals surface area contributed by atoms with Gasteiger partial charge < -0.3 is 8.98 Å². The molecule has 58 heavy (non-hydrogen) atoms. The minimum Gasteiger partial charge on any atom is -0.455 e. The molecule has 0 atom stereocenters. The zero-order chi connectivity index (χ0) is 38.6. The molecular formula is C53H32N4O. The van der Waals surface area contributed by atoms with Crippen LogP contribution in [-0.2, 0) is 0 Å². The second-order valence-corrected chi connectivity index (χ2v) is 14.4. The Balaban J connectivity index is 1.20. The molecule has 0 aliphatic rings. The van der Waals surface area contributed by atoms with Gasteiger partial charge in [0.2, 0.25) is 0 Å². The highest BCUT2D eigenvalue weighted by atomic mass is 16.3. The lowest BCUT2D eigenvalue weighted by Crippen LogP contribution is -2.02. The van der Waals surface area contributed by atoms with Crippen LogP contribution in [0, 0.1) is 11.3 Å². The van der Waals surface area contributed by atoms with Crippen LogP contribution in [0.5, 0.6) is 0 Å². The van der Waals surface area contributed by atoms with E-state index in [0.717, 1.165) is 88.4 Å². The quantitative estimate of drug-likeness (QED) is 0.170. The highest BCUT2D eigenvalue weighted by Gasteiger charge is 2.23. The van der Waals surface area contributed by atoms with Crippen LogP contribution in [0.4, 0.5) is 0 Å². The van der Waals surface area contributed by atoms with E-state index in [1.165, 1.54) is 0 Å². The van der Waals surface area contributed by atoms with Gasteiger partial charge in [0.15, 0.2) is 5.82 Å². The first-order valence-electron chi connectivity index (χ1n) is 19.3. The van der Waals surface area contributed by atoms with E-state index in [1.54, 1.807) is 0 Å². The Bertz CT molecular complexity index is 3320. The Morgan fingerprint density at radius 3 is 1.64 bits per heavy atom. The van der Waals surface area contributed by atoms with Crippen molar-refractivity contribution in [1.29, 1.82) is 5.26 Å². The Hall–Kier alpha value is -8.07. The van der Waals surface area contributed by atoms with Crippen molar-refractivity contribution < 1.29 is 4.42 Å². The monoisotopic (exact) mass is 740 g/mol. The normalized spacial score (nSPS) is 11.4. The minimum absolute atomic E-state index is 0.438. The number of nitrogens with zero attached hydrogens (tertiary/aromatic N) is 4. The van der Waals surface area contributed by atoms with Crippen molar-refractivity contribution in [3.63, 3.8) is 0 Å². The van der Waals surface area contributed by atoms with Gasteiger partial charge in [-0.25, -0.2) is 9.97 Å². The summed E-state index contributed by atoms with van der Waals surface area (Å²) in [4.78, 5) is 10.4. The maximum absolute atomic E-state index is 10.6. The molecule has 0 saturated heterocycles. The van der Waals surface area contributed by atoms with Crippen LogP contribution in [-0.4, -0.2) is 14.5 Å². The van der Waals surface area contributed by atoms with Crippen molar-refractivity contribution >= 4 is 43.7 Å². The average molecular weight is 741 g/mol. The number of rotatable bonds is 6. The second-order valence-electron chi connectivity index (χ2n) is 14.4. The molecule has 0 amide bonds. The lowest BCUT2D eigenvalue weighted by molar-refractivity contribution is 0.674. The number of hydrogen-bond donors (Lipinski definition) is 0. The lowest BCUT2D eigenvalue weighted by Gasteiger charge is -2.15. The molecule has 5 nitrogen and oxygen atoms in total. The standard InChI is InChI=1S/C53H32N4O/c54-33-45-49(36-20-9-3-10-21-36)55-53(56-50(45)37-22-11-4-12-23-37)39-30-38(34-16-5-1-6-17-34)31-40(32-39)57-46-27-14-13-24-44(46)48-47(57)29-28-43-42-26-15-25-41(51(42)58-52(43)48)35-18-7-2-8-19-35/h1-32H. The van der Waals surface area contributed by atoms with Gasteiger partial charge in [-0.2, -0.15) is 5.26 Å². The summed E-state index contributed by atoms with van der Waals surface area (Å²) in [5.41, 5.74) is 13.2. The Morgan fingerprint density at radius 1 is 0.431 bits per heavy atom. The largest absolute Gasteiger partial charge is 0.455 e. The number of benzene rings is 8. The highest BCUT2D eigenvalue weighted by molar-refractivity contribution is 6.24. The smallest absolute Gasteiger partial charge is 0.160 e. The van der Waals surface area contributed by atoms with E-state index in [4.69, 9.17) is 14.4 Å². The van der Waals surface area contributed by atoms with Crippen molar-refractivity contribution in [2.75, 3.05) is 0 Å². The molecule has 0 N–H and O–H groups in total. The SMILES string of the molecule is N#Cc1c(-c2ccccc2)nc(-c2cc(-c3ccccc3)cc(-n3c4ccccc4c4c5oc6c(-c7ccccc7)cccc6c5ccc43)c2)nc1-c1ccccc1. The number of furan rings is 1. The summed E-state index contributed by atoms with van der Waals surface area (Å²) in [5, 5.41) is 14.9. The summed E-state index contributed by atoms with van der Waals surface area (Å²) < 4.78 is 9.29. The molecule has 0 fully saturated rings. The van der Waals surface area contributed by atoms with Gasteiger partial charge in [-0.1, -0.05) is 158 Å². The van der Waals surface area contributed by atoms with E-state index in [2.05, 4.69) is 132 Å². The Labute approximate surface area is 334 Å². The highest BCUT2D eigenvalue weighted by Crippen LogP contribution is 2.44. The zero-order valence-electron chi connectivity index (χ0n) is 31.2. The summed E-state index contributed by atoms with van der Waals surface area (Å²) in [7, 11) is 0. The zero-order valence-corrected chi connectivity index (χ0v) is 31.2. The fourth-order valence-electron chi connectivity index (χ4n) is 8.40. The predicted molar refractivity (Wildman–Crippen MR) is 236 cm³/mol. The first-order chi connectivity index (χ1) is 28.7. The first-order valence-corrected chi connectivity index (χ1v) is 19.3. The van der Waals surface area contributed by atoms with E-state index in [1.807, 2.05) is 72.8 Å². The van der Waals surface area contributed by atoms with Gasteiger partial charge in [0.05, 0.1) is 27.8 Å². The third-order valence-electron chi connectivity index (χ3n) is 11.0. The van der Waals surface area contributed by atoms with Crippen molar-refractivity contribution in [2.45, 2.75) is 0 Å². The minimum atomic E-state index is 0.438. The van der Waals surface area contributed by atoms with Gasteiger partial charge in [0, 0.05) is 44.1 Å². The van der Waals surface area contributed by atoms with Crippen LogP contribution >= 0.6 is 0 Å². The van der Waals surface area contributed by atoms with E-state index < -0.39 is 0 Å². The topological polar surface area (TPSA) is 67.6 Å². The van der Waals surface area contributed by atoms with E-state index in [0.29, 0.717) is 22.8 Å². The molecule has 8 aromatic carbocycles. The van der Waals surface area contributed by atoms with Crippen molar-refractivity contribution in [2.24, 2.45) is 0 Å². The number of nitriles is 1. The molecule has 3 aromatic heterocycles. The van der Waals surface area contributed by atoms with Crippen LogP contribution in [0.25, 0.3) is 106 Å². The van der Waals surface area contributed by atoms with Gasteiger partial charge in [-0.15, -0.1) is 0 Å². The van der Waals surface area contributed by atoms with Gasteiger partial charge >= 0.3 is 0 Å². The molecular weight excluding hydrogens is 709 g/mol. The second kappa shape index (κ2) is 13.6. The van der Waals surface area contributed by atoms with Crippen LogP contribution in [0.3, 0.4) is 0 Å². The number of aromatic nitrogens is 3. The average Bonchev–Trinajstić information content (AvgIpc) is 3.86. The van der Waals surface area contributed by atoms with Gasteiger partial charge in [-0.3, -0.25) is 0 Å². The maximum atomic E-state index is 10.6. The molecule has 0 aliphatic heterocycles. The fraction of sp³-hybridized carbons (Fsp3) is 0. The summed E-state index contributed by atoms with van der Waals surface area (Å²) in [6.45, 7) is 0. The third-order valence-corrected chi connectivity index (χ3v) is 11.0. The van der Waals surface area contributed by atoms with E-state index in [-0.39, 0.29) is 0 Å². The fourth-order valence-corrected chi connectivity index (χ4v) is 8.40. The molecule has 0 radical (unpaired) electrons. The molecule has 11 rings (SSSR count). The van der Waals surface area contributed by atoms with Crippen LogP contribution in [0.1, 0.15) is 5.56 Å². The first kappa shape index (κ1) is 33.3. The lowest BCUT2D eigenvalue weighted by atomic mass is 9.98. The molecule has 3 heterocycles. The number of fused-ring (bicyclic) bond motifs is 7. The molecule has 270 valence electrons. The van der Waals surface area contributed by atoms with Crippen molar-refractivity contribution in [3.8, 4) is 67.9 Å². The van der Waals surface area contributed by atoms with Crippen LogP contribution in [0.2, 0.25) is 0 Å². The molecule has 5 heteroatoms. The van der Waals surface area contributed by atoms with E-state index in [9.17, 15) is 5.26 Å². The summed E-state index contributed by atoms with van der Waals surface area (Å²) >= 11 is 0. The maximum Gasteiger partial charge on any atom is 0.160 e. The van der Waals surface area contributed by atoms with Crippen LogP contribution < -0.4 is 0 Å². The molecule has 0 spiro atoms. The van der Waals surface area contributed by atoms with Crippen molar-refractivity contribution in [3.05, 3.63) is 200 Å². The van der Waals surface area contributed by atoms with Gasteiger partial charge in [-0.05, 0) is 53.1 Å². The van der Waals surface area contributed by atoms with E-state index >= 15 is 0 Å². The van der Waals surface area contributed by atoms with Crippen LogP contribution in [0.15, 0.2) is 199 Å². The summed E-state index contributed by atoms with van der Waals surface area (Å²) in [6, 6.07) is 69.0. The van der Waals surface area contributed by atoms with Crippen molar-refractivity contribution in [1.82, 2.24) is 14.5 Å². The number of para-hydroxylation sites is 2. The Morgan fingerprint density at radius 2 is 0.983 bits per heavy atom. The molecule has 0 aliphatic carbocycles. The van der Waals surface area contributed by atoms with Gasteiger partial charge in [0.1, 0.15) is 22.8 Å². The molecule has 0 unspecified atom stereocenters. The predicted octanol–water partition coefficient (Wildman–Crippen LogP) is 13.7.